The third-order valence-corrected chi connectivity index (χ3v) is 1.42. The van der Waals surface area contributed by atoms with Gasteiger partial charge in [0, 0.05) is 12.4 Å². The predicted molar refractivity (Wildman–Crippen MR) is 48.6 cm³/mol. The van der Waals surface area contributed by atoms with Gasteiger partial charge in [-0.25, -0.2) is 0 Å². The second kappa shape index (κ2) is 7.03. The number of hydrogen-bond acceptors (Lipinski definition) is 1. The highest BCUT2D eigenvalue weighted by molar-refractivity contribution is 9.09. The summed E-state index contributed by atoms with van der Waals surface area (Å²) in [7, 11) is 1.69. The molecule has 58 valence electrons. The third kappa shape index (κ3) is 6.05. The zero-order valence-electron chi connectivity index (χ0n) is 6.43. The Labute approximate surface area is 70.9 Å². The molecule has 2 heteroatoms. The number of halogens is 1. The smallest absolute Gasteiger partial charge is 0.0649 e. The van der Waals surface area contributed by atoms with Crippen molar-refractivity contribution in [2.45, 2.75) is 6.92 Å². The van der Waals surface area contributed by atoms with E-state index < -0.39 is 0 Å². The molecule has 0 aromatic carbocycles. The summed E-state index contributed by atoms with van der Waals surface area (Å²) in [5.74, 6) is 0. The molecule has 0 unspecified atom stereocenters. The first-order valence-electron chi connectivity index (χ1n) is 3.19. The lowest BCUT2D eigenvalue weighted by Crippen LogP contribution is -1.82. The van der Waals surface area contributed by atoms with Crippen molar-refractivity contribution in [3.63, 3.8) is 0 Å². The van der Waals surface area contributed by atoms with Crippen LogP contribution in [0.5, 0.6) is 0 Å². The fourth-order valence-corrected chi connectivity index (χ4v) is 0.700. The van der Waals surface area contributed by atoms with Crippen molar-refractivity contribution in [1.29, 1.82) is 0 Å². The Morgan fingerprint density at radius 2 is 2.30 bits per heavy atom. The van der Waals surface area contributed by atoms with Crippen LogP contribution in [-0.4, -0.2) is 19.0 Å². The molecule has 0 aromatic rings. The van der Waals surface area contributed by atoms with Crippen LogP contribution in [0.15, 0.2) is 23.8 Å². The van der Waals surface area contributed by atoms with E-state index in [9.17, 15) is 0 Å². The van der Waals surface area contributed by atoms with Gasteiger partial charge in [0.15, 0.2) is 0 Å². The van der Waals surface area contributed by atoms with Gasteiger partial charge in [0.25, 0.3) is 0 Å². The molecule has 0 aliphatic carbocycles. The maximum absolute atomic E-state index is 4.87. The second-order valence-electron chi connectivity index (χ2n) is 1.96. The van der Waals surface area contributed by atoms with Gasteiger partial charge in [-0.3, -0.25) is 0 Å². The van der Waals surface area contributed by atoms with Crippen LogP contribution in [0.3, 0.4) is 0 Å². The summed E-state index contributed by atoms with van der Waals surface area (Å²) in [5, 5.41) is 0.908. The third-order valence-electron chi connectivity index (χ3n) is 1.04. The predicted octanol–water partition coefficient (Wildman–Crippen LogP) is 2.53. The summed E-state index contributed by atoms with van der Waals surface area (Å²) >= 11 is 3.30. The topological polar surface area (TPSA) is 9.23 Å². The Morgan fingerprint density at radius 3 is 2.80 bits per heavy atom. The van der Waals surface area contributed by atoms with Crippen molar-refractivity contribution in [2.24, 2.45) is 0 Å². The fraction of sp³-hybridized carbons (Fsp3) is 0.500. The van der Waals surface area contributed by atoms with Gasteiger partial charge in [-0.1, -0.05) is 39.7 Å². The molecule has 0 saturated heterocycles. The molecule has 0 aliphatic rings. The minimum Gasteiger partial charge on any atom is -0.381 e. The Kier molecular flexibility index (Phi) is 6.98. The van der Waals surface area contributed by atoms with Crippen LogP contribution in [0.4, 0.5) is 0 Å². The van der Waals surface area contributed by atoms with E-state index >= 15 is 0 Å². The quantitative estimate of drug-likeness (QED) is 0.506. The van der Waals surface area contributed by atoms with Crippen molar-refractivity contribution in [3.8, 4) is 0 Å². The first-order chi connectivity index (χ1) is 4.81. The average molecular weight is 205 g/mol. The monoisotopic (exact) mass is 204 g/mol. The van der Waals surface area contributed by atoms with Gasteiger partial charge in [-0.2, -0.15) is 0 Å². The molecule has 0 radical (unpaired) electrons. The van der Waals surface area contributed by atoms with E-state index in [0.29, 0.717) is 6.61 Å². The van der Waals surface area contributed by atoms with Gasteiger partial charge in [0.2, 0.25) is 0 Å². The molecule has 0 heterocycles. The minimum atomic E-state index is 0.693. The summed E-state index contributed by atoms with van der Waals surface area (Å²) in [4.78, 5) is 0. The summed E-state index contributed by atoms with van der Waals surface area (Å²) in [5.41, 5.74) is 1.24. The van der Waals surface area contributed by atoms with E-state index in [4.69, 9.17) is 4.74 Å². The van der Waals surface area contributed by atoms with Crippen LogP contribution in [0.2, 0.25) is 0 Å². The molecular formula is C8H13BrO. The molecule has 0 aliphatic heterocycles. The zero-order chi connectivity index (χ0) is 7.82. The normalized spacial score (nSPS) is 12.9. The van der Waals surface area contributed by atoms with Gasteiger partial charge in [-0.05, 0) is 6.92 Å². The number of hydrogen-bond donors (Lipinski definition) is 0. The number of ether oxygens (including phenoxy) is 1. The standard InChI is InChI=1S/C8H13BrO/c1-8(4-3-6-9)5-7-10-2/h3-5H,6-7H2,1-2H3/b4-3+,8-5-. The molecule has 1 nitrogen and oxygen atoms in total. The van der Waals surface area contributed by atoms with Gasteiger partial charge < -0.3 is 4.74 Å². The number of alkyl halides is 1. The van der Waals surface area contributed by atoms with Gasteiger partial charge >= 0.3 is 0 Å². The van der Waals surface area contributed by atoms with Crippen molar-refractivity contribution in [3.05, 3.63) is 23.8 Å². The van der Waals surface area contributed by atoms with E-state index in [1.807, 2.05) is 6.08 Å². The van der Waals surface area contributed by atoms with Gasteiger partial charge in [-0.15, -0.1) is 0 Å². The molecule has 10 heavy (non-hydrogen) atoms. The first kappa shape index (κ1) is 9.92. The Balaban J connectivity index is 3.59. The summed E-state index contributed by atoms with van der Waals surface area (Å²) in [6.45, 7) is 2.75. The lowest BCUT2D eigenvalue weighted by atomic mass is 10.3. The maximum atomic E-state index is 4.87. The molecular weight excluding hydrogens is 192 g/mol. The molecule has 0 N–H and O–H groups in total. The largest absolute Gasteiger partial charge is 0.381 e. The van der Waals surface area contributed by atoms with Crippen LogP contribution in [-0.2, 0) is 4.74 Å². The SMILES string of the molecule is COC/C=C(C)\C=C\CBr. The average Bonchev–Trinajstić information content (AvgIpc) is 1.97. The van der Waals surface area contributed by atoms with Crippen LogP contribution >= 0.6 is 15.9 Å². The summed E-state index contributed by atoms with van der Waals surface area (Å²) in [6.07, 6.45) is 6.16. The number of rotatable bonds is 4. The van der Waals surface area contributed by atoms with Crippen LogP contribution < -0.4 is 0 Å². The molecule has 0 fully saturated rings. The highest BCUT2D eigenvalue weighted by atomic mass is 79.9. The molecule has 0 bridgehead atoms. The Hall–Kier alpha value is -0.0800. The highest BCUT2D eigenvalue weighted by Crippen LogP contribution is 1.95. The lowest BCUT2D eigenvalue weighted by molar-refractivity contribution is 0.233. The van der Waals surface area contributed by atoms with Crippen molar-refractivity contribution >= 4 is 15.9 Å². The molecule has 0 saturated carbocycles. The molecule has 0 amide bonds. The summed E-state index contributed by atoms with van der Waals surface area (Å²) < 4.78 is 4.87. The van der Waals surface area contributed by atoms with E-state index in [1.165, 1.54) is 5.57 Å². The molecule has 0 rings (SSSR count). The summed E-state index contributed by atoms with van der Waals surface area (Å²) in [6, 6.07) is 0. The minimum absolute atomic E-state index is 0.693. The Morgan fingerprint density at radius 1 is 1.60 bits per heavy atom. The second-order valence-corrected chi connectivity index (χ2v) is 2.61. The molecule has 0 spiro atoms. The van der Waals surface area contributed by atoms with Crippen LogP contribution in [0.1, 0.15) is 6.92 Å². The van der Waals surface area contributed by atoms with E-state index in [1.54, 1.807) is 7.11 Å². The first-order valence-corrected chi connectivity index (χ1v) is 4.31. The van der Waals surface area contributed by atoms with Gasteiger partial charge in [0.05, 0.1) is 6.61 Å². The van der Waals surface area contributed by atoms with Crippen molar-refractivity contribution < 1.29 is 4.74 Å². The van der Waals surface area contributed by atoms with Crippen LogP contribution in [0, 0.1) is 0 Å². The number of allylic oxidation sites excluding steroid dienone is 3. The van der Waals surface area contributed by atoms with Crippen LogP contribution in [0.25, 0.3) is 0 Å². The number of methoxy groups -OCH3 is 1. The van der Waals surface area contributed by atoms with Gasteiger partial charge in [0.1, 0.15) is 0 Å². The van der Waals surface area contributed by atoms with Crippen molar-refractivity contribution in [2.75, 3.05) is 19.0 Å². The maximum Gasteiger partial charge on any atom is 0.0649 e. The zero-order valence-corrected chi connectivity index (χ0v) is 8.02. The van der Waals surface area contributed by atoms with Crippen molar-refractivity contribution in [1.82, 2.24) is 0 Å². The van der Waals surface area contributed by atoms with E-state index in [0.717, 1.165) is 5.33 Å². The highest BCUT2D eigenvalue weighted by Gasteiger charge is 1.79. The molecule has 0 aromatic heterocycles. The van der Waals surface area contributed by atoms with E-state index in [-0.39, 0.29) is 0 Å². The lowest BCUT2D eigenvalue weighted by Gasteiger charge is -1.91. The molecule has 0 atom stereocenters. The van der Waals surface area contributed by atoms with E-state index in [2.05, 4.69) is 35.0 Å². The fourth-order valence-electron chi connectivity index (χ4n) is 0.513. The Bertz CT molecular complexity index is 127.